The summed E-state index contributed by atoms with van der Waals surface area (Å²) in [6.45, 7) is 6.58. The second-order valence-electron chi connectivity index (χ2n) is 5.51. The van der Waals surface area contributed by atoms with Crippen LogP contribution in [0.4, 0.5) is 0 Å². The lowest BCUT2D eigenvalue weighted by Gasteiger charge is -2.32. The summed E-state index contributed by atoms with van der Waals surface area (Å²) in [5.41, 5.74) is 4.33. The quantitative estimate of drug-likeness (QED) is 0.427. The van der Waals surface area contributed by atoms with Gasteiger partial charge in [-0.3, -0.25) is 11.3 Å². The van der Waals surface area contributed by atoms with Gasteiger partial charge in [0.1, 0.15) is 0 Å². The van der Waals surface area contributed by atoms with Crippen molar-refractivity contribution in [1.29, 1.82) is 0 Å². The molecule has 1 aliphatic rings. The van der Waals surface area contributed by atoms with Gasteiger partial charge in [-0.25, -0.2) is 0 Å². The molecule has 1 rings (SSSR count). The molecule has 1 saturated carbocycles. The summed E-state index contributed by atoms with van der Waals surface area (Å²) in [6.07, 6.45) is 10.5. The third kappa shape index (κ3) is 4.26. The van der Waals surface area contributed by atoms with E-state index in [2.05, 4.69) is 32.3 Å². The van der Waals surface area contributed by atoms with Crippen LogP contribution in [-0.4, -0.2) is 6.04 Å². The molecule has 1 fully saturated rings. The number of allylic oxidation sites excluding steroid dienone is 1. The van der Waals surface area contributed by atoms with Crippen molar-refractivity contribution in [1.82, 2.24) is 5.43 Å². The highest BCUT2D eigenvalue weighted by atomic mass is 15.2. The van der Waals surface area contributed by atoms with Crippen LogP contribution < -0.4 is 11.3 Å². The molecule has 1 unspecified atom stereocenters. The highest BCUT2D eigenvalue weighted by Gasteiger charge is 2.25. The van der Waals surface area contributed by atoms with Gasteiger partial charge in [-0.15, -0.1) is 0 Å². The molecule has 94 valence electrons. The third-order valence-corrected chi connectivity index (χ3v) is 3.80. The maximum Gasteiger partial charge on any atom is 0.0421 e. The van der Waals surface area contributed by atoms with E-state index in [4.69, 9.17) is 5.84 Å². The fourth-order valence-corrected chi connectivity index (χ4v) is 2.92. The minimum absolute atomic E-state index is 0.382. The van der Waals surface area contributed by atoms with E-state index < -0.39 is 0 Å². The summed E-state index contributed by atoms with van der Waals surface area (Å²) in [5, 5.41) is 0. The molecule has 0 aromatic heterocycles. The van der Waals surface area contributed by atoms with E-state index in [1.807, 2.05) is 0 Å². The minimum Gasteiger partial charge on any atom is -0.271 e. The fraction of sp³-hybridized carbons (Fsp3) is 0.857. The molecular weight excluding hydrogens is 196 g/mol. The van der Waals surface area contributed by atoms with E-state index in [1.54, 1.807) is 0 Å². The Balaban J connectivity index is 2.42. The van der Waals surface area contributed by atoms with Crippen LogP contribution in [0, 0.1) is 11.8 Å². The van der Waals surface area contributed by atoms with E-state index in [-0.39, 0.29) is 0 Å². The number of nitrogens with one attached hydrogen (secondary N) is 1. The second-order valence-corrected chi connectivity index (χ2v) is 5.51. The molecule has 0 radical (unpaired) electrons. The van der Waals surface area contributed by atoms with Crippen molar-refractivity contribution in [3.05, 3.63) is 11.6 Å². The molecular formula is C14H28N2. The lowest BCUT2D eigenvalue weighted by Crippen LogP contribution is -2.41. The van der Waals surface area contributed by atoms with E-state index >= 15 is 0 Å². The largest absolute Gasteiger partial charge is 0.271 e. The Morgan fingerprint density at radius 3 is 2.38 bits per heavy atom. The van der Waals surface area contributed by atoms with Gasteiger partial charge in [-0.05, 0) is 38.5 Å². The van der Waals surface area contributed by atoms with Crippen molar-refractivity contribution in [3.8, 4) is 0 Å². The molecule has 0 spiro atoms. The number of nitrogens with two attached hydrogens (primary N) is 1. The molecule has 1 atom stereocenters. The Labute approximate surface area is 101 Å². The predicted molar refractivity (Wildman–Crippen MR) is 70.9 cm³/mol. The van der Waals surface area contributed by atoms with Gasteiger partial charge in [0.05, 0.1) is 0 Å². The van der Waals surface area contributed by atoms with Crippen molar-refractivity contribution < 1.29 is 0 Å². The van der Waals surface area contributed by atoms with E-state index in [0.717, 1.165) is 11.8 Å². The molecule has 0 aromatic carbocycles. The zero-order valence-electron chi connectivity index (χ0n) is 11.1. The van der Waals surface area contributed by atoms with Crippen molar-refractivity contribution in [2.24, 2.45) is 17.7 Å². The first-order chi connectivity index (χ1) is 7.67. The lowest BCUT2D eigenvalue weighted by molar-refractivity contribution is 0.233. The molecule has 3 N–H and O–H groups in total. The van der Waals surface area contributed by atoms with Crippen LogP contribution in [0.15, 0.2) is 11.6 Å². The smallest absolute Gasteiger partial charge is 0.0421 e. The maximum atomic E-state index is 5.65. The summed E-state index contributed by atoms with van der Waals surface area (Å²) in [6, 6.07) is 0.382. The summed E-state index contributed by atoms with van der Waals surface area (Å²) in [5.74, 6) is 7.37. The van der Waals surface area contributed by atoms with Gasteiger partial charge in [-0.2, -0.15) is 0 Å². The standard InChI is InChI=1S/C14H28N2/c1-4-5-12-6-8-13(9-7-12)14(16-15)10-11(2)3/h10,12-14,16H,4-9,15H2,1-3H3. The molecule has 0 heterocycles. The molecule has 2 heteroatoms. The maximum absolute atomic E-state index is 5.65. The minimum atomic E-state index is 0.382. The Morgan fingerprint density at radius 2 is 1.94 bits per heavy atom. The topological polar surface area (TPSA) is 38.0 Å². The zero-order valence-corrected chi connectivity index (χ0v) is 11.1. The Bertz CT molecular complexity index is 211. The normalized spacial score (nSPS) is 27.5. The van der Waals surface area contributed by atoms with Crippen molar-refractivity contribution >= 4 is 0 Å². The SMILES string of the molecule is CCCC1CCC(C(C=C(C)C)NN)CC1. The van der Waals surface area contributed by atoms with Gasteiger partial charge in [0.15, 0.2) is 0 Å². The average molecular weight is 224 g/mol. The first-order valence-corrected chi connectivity index (χ1v) is 6.78. The van der Waals surface area contributed by atoms with Crippen molar-refractivity contribution in [3.63, 3.8) is 0 Å². The number of hydrazine groups is 1. The molecule has 0 aliphatic heterocycles. The summed E-state index contributed by atoms with van der Waals surface area (Å²) in [7, 11) is 0. The molecule has 0 bridgehead atoms. The predicted octanol–water partition coefficient (Wildman–Crippen LogP) is 3.39. The van der Waals surface area contributed by atoms with Crippen LogP contribution >= 0.6 is 0 Å². The monoisotopic (exact) mass is 224 g/mol. The molecule has 0 saturated heterocycles. The highest BCUT2D eigenvalue weighted by molar-refractivity contribution is 5.03. The Kier molecular flexibility index (Phi) is 6.07. The van der Waals surface area contributed by atoms with Gasteiger partial charge >= 0.3 is 0 Å². The van der Waals surface area contributed by atoms with Gasteiger partial charge in [0.25, 0.3) is 0 Å². The van der Waals surface area contributed by atoms with E-state index in [0.29, 0.717) is 6.04 Å². The zero-order chi connectivity index (χ0) is 12.0. The summed E-state index contributed by atoms with van der Waals surface area (Å²) >= 11 is 0. The number of hydrogen-bond donors (Lipinski definition) is 2. The van der Waals surface area contributed by atoms with Gasteiger partial charge in [0, 0.05) is 6.04 Å². The number of hydrogen-bond acceptors (Lipinski definition) is 2. The molecule has 0 amide bonds. The first-order valence-electron chi connectivity index (χ1n) is 6.78. The van der Waals surface area contributed by atoms with Crippen LogP contribution in [-0.2, 0) is 0 Å². The van der Waals surface area contributed by atoms with E-state index in [1.165, 1.54) is 44.1 Å². The van der Waals surface area contributed by atoms with Crippen molar-refractivity contribution in [2.45, 2.75) is 65.3 Å². The summed E-state index contributed by atoms with van der Waals surface area (Å²) < 4.78 is 0. The lowest BCUT2D eigenvalue weighted by atomic mass is 9.77. The molecule has 2 nitrogen and oxygen atoms in total. The Hall–Kier alpha value is -0.340. The van der Waals surface area contributed by atoms with Crippen LogP contribution in [0.5, 0.6) is 0 Å². The van der Waals surface area contributed by atoms with Gasteiger partial charge in [-0.1, -0.05) is 44.3 Å². The molecule has 16 heavy (non-hydrogen) atoms. The number of rotatable bonds is 5. The highest BCUT2D eigenvalue weighted by Crippen LogP contribution is 2.33. The van der Waals surface area contributed by atoms with Gasteiger partial charge < -0.3 is 0 Å². The van der Waals surface area contributed by atoms with Crippen LogP contribution in [0.1, 0.15) is 59.3 Å². The average Bonchev–Trinajstić information content (AvgIpc) is 2.27. The fourth-order valence-electron chi connectivity index (χ4n) is 2.92. The molecule has 0 aromatic rings. The molecule has 1 aliphatic carbocycles. The van der Waals surface area contributed by atoms with Crippen molar-refractivity contribution in [2.75, 3.05) is 0 Å². The van der Waals surface area contributed by atoms with E-state index in [9.17, 15) is 0 Å². The van der Waals surface area contributed by atoms with Gasteiger partial charge in [0.2, 0.25) is 0 Å². The van der Waals surface area contributed by atoms with Crippen LogP contribution in [0.3, 0.4) is 0 Å². The third-order valence-electron chi connectivity index (χ3n) is 3.80. The summed E-state index contributed by atoms with van der Waals surface area (Å²) in [4.78, 5) is 0. The van der Waals surface area contributed by atoms with Crippen LogP contribution in [0.25, 0.3) is 0 Å². The van der Waals surface area contributed by atoms with Crippen LogP contribution in [0.2, 0.25) is 0 Å². The Morgan fingerprint density at radius 1 is 1.31 bits per heavy atom. The second kappa shape index (κ2) is 7.08. The first kappa shape index (κ1) is 13.7.